The number of halogens is 1. The van der Waals surface area contributed by atoms with Crippen molar-refractivity contribution in [1.82, 2.24) is 19.9 Å². The Morgan fingerprint density at radius 1 is 1.16 bits per heavy atom. The zero-order valence-electron chi connectivity index (χ0n) is 20.3. The highest BCUT2D eigenvalue weighted by Crippen LogP contribution is 2.36. The highest BCUT2D eigenvalue weighted by atomic mass is 19.1. The maximum atomic E-state index is 13.7. The molecule has 2 aromatic heterocycles. The van der Waals surface area contributed by atoms with Crippen molar-refractivity contribution in [2.45, 2.75) is 32.4 Å². The standard InChI is InChI=1S/C27H27FN6O3/c1-18(16-35)30-26-29-14-13-22(31-26)24-23-8-5-15-33(27(36)37-17-19-6-3-2-4-7-19)34(23)32-25(24)20-9-11-21(28)12-10-20/h2-4,6-7,9-14,18,35H,5,8,15-17H2,1H3,(H,29,30,31). The van der Waals surface area contributed by atoms with E-state index in [2.05, 4.69) is 15.3 Å². The lowest BCUT2D eigenvalue weighted by Crippen LogP contribution is -2.46. The molecule has 0 radical (unpaired) electrons. The van der Waals surface area contributed by atoms with Crippen molar-refractivity contribution < 1.29 is 19.0 Å². The molecule has 1 aliphatic heterocycles. The maximum Gasteiger partial charge on any atom is 0.430 e. The number of nitrogens with zero attached hydrogens (tertiary/aromatic N) is 5. The average molecular weight is 503 g/mol. The fourth-order valence-electron chi connectivity index (χ4n) is 4.23. The first-order valence-corrected chi connectivity index (χ1v) is 12.1. The molecular formula is C27H27FN6O3. The van der Waals surface area contributed by atoms with Gasteiger partial charge in [-0.2, -0.15) is 14.9 Å². The van der Waals surface area contributed by atoms with Crippen molar-refractivity contribution in [3.63, 3.8) is 0 Å². The lowest BCUT2D eigenvalue weighted by atomic mass is 10.0. The second kappa shape index (κ2) is 10.8. The summed E-state index contributed by atoms with van der Waals surface area (Å²) in [5, 5.41) is 18.7. The molecule has 0 bridgehead atoms. The number of amides is 1. The maximum absolute atomic E-state index is 13.7. The molecule has 0 fully saturated rings. The minimum atomic E-state index is -0.508. The molecule has 9 nitrogen and oxygen atoms in total. The van der Waals surface area contributed by atoms with Gasteiger partial charge in [0, 0.05) is 24.3 Å². The minimum Gasteiger partial charge on any atom is -0.443 e. The molecule has 2 aromatic carbocycles. The third-order valence-corrected chi connectivity index (χ3v) is 6.07. The van der Waals surface area contributed by atoms with Crippen LogP contribution in [-0.2, 0) is 17.8 Å². The Morgan fingerprint density at radius 3 is 2.70 bits per heavy atom. The molecule has 10 heteroatoms. The van der Waals surface area contributed by atoms with Crippen LogP contribution in [0.2, 0.25) is 0 Å². The largest absolute Gasteiger partial charge is 0.443 e. The van der Waals surface area contributed by atoms with Crippen LogP contribution in [0, 0.1) is 5.82 Å². The van der Waals surface area contributed by atoms with Crippen molar-refractivity contribution in [3.8, 4) is 22.5 Å². The van der Waals surface area contributed by atoms with Gasteiger partial charge in [-0.25, -0.2) is 19.2 Å². The molecule has 37 heavy (non-hydrogen) atoms. The second-order valence-corrected chi connectivity index (χ2v) is 8.83. The zero-order valence-corrected chi connectivity index (χ0v) is 20.3. The van der Waals surface area contributed by atoms with Gasteiger partial charge in [0.05, 0.1) is 23.6 Å². The van der Waals surface area contributed by atoms with E-state index in [0.29, 0.717) is 42.3 Å². The van der Waals surface area contributed by atoms with E-state index in [4.69, 9.17) is 9.84 Å². The summed E-state index contributed by atoms with van der Waals surface area (Å²) in [4.78, 5) is 23.6. The number of nitrogens with one attached hydrogen (secondary N) is 1. The number of aromatic nitrogens is 4. The van der Waals surface area contributed by atoms with E-state index in [1.54, 1.807) is 29.2 Å². The Kier molecular flexibility index (Phi) is 7.09. The highest BCUT2D eigenvalue weighted by molar-refractivity contribution is 5.84. The molecule has 0 aliphatic carbocycles. The molecule has 1 amide bonds. The summed E-state index contributed by atoms with van der Waals surface area (Å²) in [7, 11) is 0. The molecule has 1 aliphatic rings. The summed E-state index contributed by atoms with van der Waals surface area (Å²) in [5.74, 6) is 0.00546. The molecule has 3 heterocycles. The van der Waals surface area contributed by atoms with Crippen molar-refractivity contribution in [2.75, 3.05) is 23.5 Å². The molecule has 1 atom stereocenters. The van der Waals surface area contributed by atoms with Crippen LogP contribution in [0.15, 0.2) is 66.9 Å². The predicted molar refractivity (Wildman–Crippen MR) is 137 cm³/mol. The van der Waals surface area contributed by atoms with E-state index in [-0.39, 0.29) is 25.1 Å². The van der Waals surface area contributed by atoms with Gasteiger partial charge in [-0.1, -0.05) is 30.3 Å². The topological polar surface area (TPSA) is 105 Å². The summed E-state index contributed by atoms with van der Waals surface area (Å²) >= 11 is 0. The van der Waals surface area contributed by atoms with Crippen molar-refractivity contribution in [3.05, 3.63) is 83.9 Å². The van der Waals surface area contributed by atoms with E-state index in [1.165, 1.54) is 17.1 Å². The fraction of sp³-hybridized carbons (Fsp3) is 0.259. The van der Waals surface area contributed by atoms with Gasteiger partial charge >= 0.3 is 6.09 Å². The Morgan fingerprint density at radius 2 is 1.95 bits per heavy atom. The van der Waals surface area contributed by atoms with Gasteiger partial charge in [-0.05, 0) is 55.7 Å². The number of carbonyl (C=O) groups is 1. The van der Waals surface area contributed by atoms with Gasteiger partial charge in [0.2, 0.25) is 5.95 Å². The van der Waals surface area contributed by atoms with Gasteiger partial charge in [0.1, 0.15) is 18.1 Å². The first kappa shape index (κ1) is 24.4. The van der Waals surface area contributed by atoms with Crippen LogP contribution in [0.5, 0.6) is 0 Å². The first-order chi connectivity index (χ1) is 18.0. The number of carbonyl (C=O) groups excluding carboxylic acids is 1. The van der Waals surface area contributed by atoms with Gasteiger partial charge in [-0.3, -0.25) is 0 Å². The number of hydrogen-bond donors (Lipinski definition) is 2. The van der Waals surface area contributed by atoms with E-state index >= 15 is 0 Å². The van der Waals surface area contributed by atoms with Crippen LogP contribution in [0.1, 0.15) is 24.6 Å². The number of benzene rings is 2. The van der Waals surface area contributed by atoms with E-state index in [0.717, 1.165) is 16.8 Å². The number of hydrogen-bond acceptors (Lipinski definition) is 7. The summed E-state index contributed by atoms with van der Waals surface area (Å²) in [6, 6.07) is 17.1. The van der Waals surface area contributed by atoms with E-state index in [1.807, 2.05) is 37.3 Å². The van der Waals surface area contributed by atoms with Gasteiger partial charge in [-0.15, -0.1) is 0 Å². The van der Waals surface area contributed by atoms with Gasteiger partial charge < -0.3 is 15.2 Å². The number of fused-ring (bicyclic) bond motifs is 1. The van der Waals surface area contributed by atoms with Crippen molar-refractivity contribution in [1.29, 1.82) is 0 Å². The average Bonchev–Trinajstić information content (AvgIpc) is 3.32. The van der Waals surface area contributed by atoms with E-state index in [9.17, 15) is 14.3 Å². The molecular weight excluding hydrogens is 475 g/mol. The monoisotopic (exact) mass is 502 g/mol. The molecule has 5 rings (SSSR count). The lowest BCUT2D eigenvalue weighted by molar-refractivity contribution is 0.137. The molecule has 0 spiro atoms. The Labute approximate surface area is 213 Å². The van der Waals surface area contributed by atoms with Crippen LogP contribution < -0.4 is 10.3 Å². The molecule has 0 saturated carbocycles. The van der Waals surface area contributed by atoms with Gasteiger partial charge in [0.25, 0.3) is 0 Å². The quantitative estimate of drug-likeness (QED) is 0.391. The molecule has 190 valence electrons. The Bertz CT molecular complexity index is 1380. The number of rotatable bonds is 7. The lowest BCUT2D eigenvalue weighted by Gasteiger charge is -2.27. The highest BCUT2D eigenvalue weighted by Gasteiger charge is 2.31. The summed E-state index contributed by atoms with van der Waals surface area (Å²) in [6.45, 7) is 2.34. The fourth-order valence-corrected chi connectivity index (χ4v) is 4.23. The van der Waals surface area contributed by atoms with Crippen molar-refractivity contribution >= 4 is 12.0 Å². The minimum absolute atomic E-state index is 0.0718. The second-order valence-electron chi connectivity index (χ2n) is 8.83. The number of anilines is 1. The molecule has 4 aromatic rings. The third-order valence-electron chi connectivity index (χ3n) is 6.07. The summed E-state index contributed by atoms with van der Waals surface area (Å²) in [5.41, 5.74) is 4.27. The van der Waals surface area contributed by atoms with Gasteiger partial charge in [0.15, 0.2) is 0 Å². The number of aliphatic hydroxyl groups is 1. The van der Waals surface area contributed by atoms with Crippen LogP contribution in [0.3, 0.4) is 0 Å². The number of ether oxygens (including phenoxy) is 1. The Balaban J connectivity index is 1.54. The predicted octanol–water partition coefficient (Wildman–Crippen LogP) is 4.16. The van der Waals surface area contributed by atoms with Crippen LogP contribution in [0.25, 0.3) is 22.5 Å². The third kappa shape index (κ3) is 5.29. The normalized spacial score (nSPS) is 13.6. The van der Waals surface area contributed by atoms with Crippen LogP contribution in [0.4, 0.5) is 15.1 Å². The Hall–Kier alpha value is -4.31. The van der Waals surface area contributed by atoms with Crippen LogP contribution in [-0.4, -0.2) is 50.3 Å². The van der Waals surface area contributed by atoms with E-state index < -0.39 is 6.09 Å². The first-order valence-electron chi connectivity index (χ1n) is 12.1. The molecule has 0 saturated heterocycles. The van der Waals surface area contributed by atoms with Crippen LogP contribution >= 0.6 is 0 Å². The SMILES string of the molecule is CC(CO)Nc1nccc(-c2c(-c3ccc(F)cc3)nn3c2CCCN3C(=O)OCc2ccccc2)n1. The molecule has 2 N–H and O–H groups in total. The summed E-state index contributed by atoms with van der Waals surface area (Å²) < 4.78 is 19.3. The zero-order chi connectivity index (χ0) is 25.8. The molecule has 1 unspecified atom stereocenters. The summed E-state index contributed by atoms with van der Waals surface area (Å²) in [6.07, 6.45) is 2.49. The smallest absolute Gasteiger partial charge is 0.430 e. The van der Waals surface area contributed by atoms with Crippen molar-refractivity contribution in [2.24, 2.45) is 0 Å². The number of aliphatic hydroxyl groups excluding tert-OH is 1.